The number of sulfone groups is 1. The van der Waals surface area contributed by atoms with Crippen LogP contribution in [0, 0.1) is 12.8 Å². The molecule has 1 aliphatic rings. The summed E-state index contributed by atoms with van der Waals surface area (Å²) in [6.45, 7) is 6.54. The largest absolute Gasteiger partial charge is 0.310 e. The van der Waals surface area contributed by atoms with Gasteiger partial charge in [-0.05, 0) is 37.3 Å². The number of aromatic nitrogens is 5. The van der Waals surface area contributed by atoms with Crippen molar-refractivity contribution in [3.05, 3.63) is 23.5 Å². The van der Waals surface area contributed by atoms with Gasteiger partial charge < -0.3 is 4.57 Å². The van der Waals surface area contributed by atoms with Gasteiger partial charge in [0.25, 0.3) is 0 Å². The smallest absolute Gasteiger partial charge is 0.182 e. The Balaban J connectivity index is 2.02. The van der Waals surface area contributed by atoms with E-state index in [0.29, 0.717) is 22.3 Å². The molecule has 26 heavy (non-hydrogen) atoms. The average Bonchev–Trinajstić information content (AvgIpc) is 3.12. The van der Waals surface area contributed by atoms with Gasteiger partial charge in [0.2, 0.25) is 0 Å². The van der Waals surface area contributed by atoms with E-state index in [9.17, 15) is 8.42 Å². The zero-order valence-corrected chi connectivity index (χ0v) is 16.3. The second-order valence-electron chi connectivity index (χ2n) is 7.20. The van der Waals surface area contributed by atoms with Crippen LogP contribution >= 0.6 is 0 Å². The first kappa shape index (κ1) is 17.2. The Kier molecular flexibility index (Phi) is 3.91. The summed E-state index contributed by atoms with van der Waals surface area (Å²) in [4.78, 5) is 9.47. The third-order valence-corrected chi connectivity index (χ3v) is 6.93. The van der Waals surface area contributed by atoms with Crippen LogP contribution in [0.15, 0.2) is 17.2 Å². The summed E-state index contributed by atoms with van der Waals surface area (Å²) in [5, 5.41) is 4.69. The lowest BCUT2D eigenvalue weighted by Crippen LogP contribution is -2.20. The number of nitrogens with zero attached hydrogens (tertiary/aromatic N) is 5. The van der Waals surface area contributed by atoms with Gasteiger partial charge in [0.1, 0.15) is 16.1 Å². The molecule has 1 aliphatic heterocycles. The molecule has 0 saturated heterocycles. The average molecular weight is 373 g/mol. The molecule has 4 heterocycles. The minimum atomic E-state index is -3.41. The Morgan fingerprint density at radius 1 is 1.35 bits per heavy atom. The van der Waals surface area contributed by atoms with Crippen LogP contribution in [0.5, 0.6) is 0 Å². The molecule has 0 aliphatic carbocycles. The third kappa shape index (κ3) is 2.55. The maximum Gasteiger partial charge on any atom is 0.182 e. The van der Waals surface area contributed by atoms with E-state index in [0.717, 1.165) is 41.8 Å². The Hall–Kier alpha value is -2.22. The molecule has 3 aromatic rings. The molecule has 0 amide bonds. The first-order valence-corrected chi connectivity index (χ1v) is 10.6. The van der Waals surface area contributed by atoms with Crippen molar-refractivity contribution >= 4 is 21.0 Å². The maximum atomic E-state index is 12.9. The zero-order chi connectivity index (χ0) is 18.6. The normalized spacial score (nSPS) is 17.6. The molecule has 0 aromatic carbocycles. The van der Waals surface area contributed by atoms with Crippen LogP contribution in [0.3, 0.4) is 0 Å². The molecular formula is C18H23N5O2S. The van der Waals surface area contributed by atoms with Crippen molar-refractivity contribution in [1.29, 1.82) is 0 Å². The molecule has 0 fully saturated rings. The minimum Gasteiger partial charge on any atom is -0.310 e. The van der Waals surface area contributed by atoms with Gasteiger partial charge in [-0.1, -0.05) is 13.8 Å². The number of hydrogen-bond donors (Lipinski definition) is 0. The predicted molar refractivity (Wildman–Crippen MR) is 99.7 cm³/mol. The van der Waals surface area contributed by atoms with Gasteiger partial charge in [0, 0.05) is 19.8 Å². The lowest BCUT2D eigenvalue weighted by molar-refractivity contribution is 0.369. The second kappa shape index (κ2) is 5.90. The van der Waals surface area contributed by atoms with Crippen molar-refractivity contribution in [1.82, 2.24) is 24.3 Å². The van der Waals surface area contributed by atoms with E-state index in [1.54, 1.807) is 13.1 Å². The molecule has 0 radical (unpaired) electrons. The Labute approximate surface area is 153 Å². The van der Waals surface area contributed by atoms with Crippen LogP contribution in [0.25, 0.3) is 22.7 Å². The van der Waals surface area contributed by atoms with Crippen LogP contribution in [0.1, 0.15) is 31.5 Å². The third-order valence-electron chi connectivity index (χ3n) is 5.12. The molecule has 0 N–H and O–H groups in total. The summed E-state index contributed by atoms with van der Waals surface area (Å²) in [5.74, 6) is 1.09. The van der Waals surface area contributed by atoms with Crippen molar-refractivity contribution in [2.45, 2.75) is 45.1 Å². The Morgan fingerprint density at radius 2 is 2.12 bits per heavy atom. The van der Waals surface area contributed by atoms with E-state index in [4.69, 9.17) is 5.10 Å². The van der Waals surface area contributed by atoms with Crippen LogP contribution in [-0.2, 0) is 29.9 Å². The van der Waals surface area contributed by atoms with Crippen molar-refractivity contribution in [2.75, 3.05) is 5.75 Å². The number of rotatable bonds is 3. The molecule has 8 heteroatoms. The fraction of sp³-hybridized carbons (Fsp3) is 0.500. The lowest BCUT2D eigenvalue weighted by atomic mass is 10.0. The fourth-order valence-electron chi connectivity index (χ4n) is 3.65. The second-order valence-corrected chi connectivity index (χ2v) is 9.42. The molecule has 0 spiro atoms. The molecule has 7 nitrogen and oxygen atoms in total. The monoisotopic (exact) mass is 373 g/mol. The number of pyridine rings is 1. The Morgan fingerprint density at radius 3 is 2.85 bits per heavy atom. The van der Waals surface area contributed by atoms with Gasteiger partial charge in [0.15, 0.2) is 21.3 Å². The van der Waals surface area contributed by atoms with E-state index < -0.39 is 9.84 Å². The quantitative estimate of drug-likeness (QED) is 0.704. The lowest BCUT2D eigenvalue weighted by Gasteiger charge is -2.20. The molecule has 0 bridgehead atoms. The number of imidazole rings is 1. The summed E-state index contributed by atoms with van der Waals surface area (Å²) in [6.07, 6.45) is 3.49. The minimum absolute atomic E-state index is 0.0511. The summed E-state index contributed by atoms with van der Waals surface area (Å²) in [7, 11) is -1.55. The fourth-order valence-corrected chi connectivity index (χ4v) is 4.93. The van der Waals surface area contributed by atoms with Crippen molar-refractivity contribution in [3.8, 4) is 11.5 Å². The van der Waals surface area contributed by atoms with Gasteiger partial charge in [-0.15, -0.1) is 0 Å². The number of aryl methyl sites for hydroxylation is 2. The van der Waals surface area contributed by atoms with Gasteiger partial charge >= 0.3 is 0 Å². The van der Waals surface area contributed by atoms with E-state index in [2.05, 4.69) is 16.9 Å². The van der Waals surface area contributed by atoms with Gasteiger partial charge in [-0.2, -0.15) is 5.10 Å². The molecule has 1 atom stereocenters. The molecule has 3 aromatic heterocycles. The standard InChI is InChI=1S/C18H23N5O2S/c1-5-26(24,25)16-14-7-6-11(2)10-23(14)21-15(16)18-20-13-8-12(3)9-19-17(13)22(18)4/h8-9,11H,5-7,10H2,1-4H3. The predicted octanol–water partition coefficient (Wildman–Crippen LogP) is 2.52. The highest BCUT2D eigenvalue weighted by atomic mass is 32.2. The Bertz CT molecular complexity index is 1110. The van der Waals surface area contributed by atoms with Crippen molar-refractivity contribution < 1.29 is 8.42 Å². The first-order chi connectivity index (χ1) is 12.3. The molecule has 1 unspecified atom stereocenters. The summed E-state index contributed by atoms with van der Waals surface area (Å²) < 4.78 is 29.5. The van der Waals surface area contributed by atoms with E-state index in [1.165, 1.54) is 0 Å². The topological polar surface area (TPSA) is 82.7 Å². The maximum absolute atomic E-state index is 12.9. The molecule has 138 valence electrons. The zero-order valence-electron chi connectivity index (χ0n) is 15.5. The highest BCUT2D eigenvalue weighted by Gasteiger charge is 2.32. The number of fused-ring (bicyclic) bond motifs is 2. The number of hydrogen-bond acceptors (Lipinski definition) is 5. The molecule has 0 saturated carbocycles. The van der Waals surface area contributed by atoms with Crippen LogP contribution in [0.2, 0.25) is 0 Å². The highest BCUT2D eigenvalue weighted by Crippen LogP contribution is 2.34. The highest BCUT2D eigenvalue weighted by molar-refractivity contribution is 7.91. The SMILES string of the molecule is CCS(=O)(=O)c1c(-c2nc3cc(C)cnc3n2C)nn2c1CCC(C)C2. The first-order valence-electron chi connectivity index (χ1n) is 8.93. The summed E-state index contributed by atoms with van der Waals surface area (Å²) in [6, 6.07) is 1.96. The molecule has 4 rings (SSSR count). The van der Waals surface area contributed by atoms with Crippen molar-refractivity contribution in [2.24, 2.45) is 13.0 Å². The van der Waals surface area contributed by atoms with Crippen LogP contribution < -0.4 is 0 Å². The van der Waals surface area contributed by atoms with Crippen LogP contribution in [0.4, 0.5) is 0 Å². The van der Waals surface area contributed by atoms with Gasteiger partial charge in [-0.3, -0.25) is 4.68 Å². The summed E-state index contributed by atoms with van der Waals surface area (Å²) in [5.41, 5.74) is 3.76. The van der Waals surface area contributed by atoms with Gasteiger partial charge in [0.05, 0.1) is 11.4 Å². The van der Waals surface area contributed by atoms with E-state index in [-0.39, 0.29) is 5.75 Å². The summed E-state index contributed by atoms with van der Waals surface area (Å²) >= 11 is 0. The van der Waals surface area contributed by atoms with Gasteiger partial charge in [-0.25, -0.2) is 18.4 Å². The van der Waals surface area contributed by atoms with Crippen LogP contribution in [-0.4, -0.2) is 38.5 Å². The van der Waals surface area contributed by atoms with E-state index >= 15 is 0 Å². The van der Waals surface area contributed by atoms with Crippen molar-refractivity contribution in [3.63, 3.8) is 0 Å². The molecular weight excluding hydrogens is 350 g/mol. The van der Waals surface area contributed by atoms with E-state index in [1.807, 2.05) is 29.3 Å².